The molecule has 3 saturated carbocycles. The topological polar surface area (TPSA) is 60.7 Å². The lowest BCUT2D eigenvalue weighted by Crippen LogP contribution is -2.43. The van der Waals surface area contributed by atoms with Gasteiger partial charge in [0.1, 0.15) is 5.60 Å². The first kappa shape index (κ1) is 24.9. The summed E-state index contributed by atoms with van der Waals surface area (Å²) in [5.74, 6) is -1.97. The Bertz CT molecular complexity index is 681. The highest BCUT2D eigenvalue weighted by molar-refractivity contribution is 5.26. The molecule has 3 fully saturated rings. The van der Waals surface area contributed by atoms with Crippen LogP contribution in [0.2, 0.25) is 0 Å². The van der Waals surface area contributed by atoms with Gasteiger partial charge in [0.25, 0.3) is 5.92 Å². The summed E-state index contributed by atoms with van der Waals surface area (Å²) in [4.78, 5) is 0. The molecule has 0 heterocycles. The molecule has 0 aromatic heterocycles. The first-order valence-corrected chi connectivity index (χ1v) is 12.2. The summed E-state index contributed by atoms with van der Waals surface area (Å²) >= 11 is 0. The fourth-order valence-corrected chi connectivity index (χ4v) is 6.66. The molecule has 0 aliphatic heterocycles. The molecule has 0 bridgehead atoms. The highest BCUT2D eigenvalue weighted by Crippen LogP contribution is 2.60. The minimum Gasteiger partial charge on any atom is -0.393 e. The smallest absolute Gasteiger partial charge is 0.275 e. The molecule has 0 saturated heterocycles. The summed E-state index contributed by atoms with van der Waals surface area (Å²) in [6.07, 6.45) is 10.9. The normalized spacial score (nSPS) is 38.5. The van der Waals surface area contributed by atoms with Gasteiger partial charge in [-0.2, -0.15) is 0 Å². The second-order valence-electron chi connectivity index (χ2n) is 11.4. The maximum absolute atomic E-state index is 14.3. The van der Waals surface area contributed by atoms with Crippen molar-refractivity contribution in [2.24, 2.45) is 23.2 Å². The first-order valence-electron chi connectivity index (χ1n) is 12.2. The zero-order valence-electron chi connectivity index (χ0n) is 19.7. The van der Waals surface area contributed by atoms with Gasteiger partial charge in [0.05, 0.1) is 12.2 Å². The van der Waals surface area contributed by atoms with Crippen molar-refractivity contribution >= 4 is 0 Å². The lowest BCUT2D eigenvalue weighted by Gasteiger charge is -2.44. The number of aliphatic hydroxyl groups excluding tert-OH is 2. The summed E-state index contributed by atoms with van der Waals surface area (Å²) in [7, 11) is 0. The van der Waals surface area contributed by atoms with Crippen molar-refractivity contribution in [2.75, 3.05) is 0 Å². The number of allylic oxidation sites excluding steroid dienone is 3. The van der Waals surface area contributed by atoms with Gasteiger partial charge in [0, 0.05) is 6.42 Å². The van der Waals surface area contributed by atoms with Crippen LogP contribution in [0, 0.1) is 23.2 Å². The number of halogens is 2. The molecular formula is C26H42F2O3. The van der Waals surface area contributed by atoms with Crippen LogP contribution < -0.4 is 0 Å². The molecule has 0 aromatic carbocycles. The lowest BCUT2D eigenvalue weighted by molar-refractivity contribution is -0.168. The standard InChI is InChI=1S/C26H42F2O3/c1-17(11-13-26(27,28)24(2,3)31)22-9-10-23-19(6-5-12-25(22,23)4)8-7-18-14-20(29)16-21(30)15-18/h7-8,17,20-23,29-31H,5-6,9-16H2,1-4H3/b18-7?,19-8+/t17-,20+,21?,22+,23?,25+/m0/s1. The monoisotopic (exact) mass is 440 g/mol. The third-order valence-electron chi connectivity index (χ3n) is 8.61. The Balaban J connectivity index is 1.69. The number of hydrogen-bond donors (Lipinski definition) is 3. The Morgan fingerprint density at radius 1 is 1.13 bits per heavy atom. The zero-order valence-corrected chi connectivity index (χ0v) is 19.7. The minimum atomic E-state index is -3.07. The predicted octanol–water partition coefficient (Wildman–Crippen LogP) is 5.78. The largest absolute Gasteiger partial charge is 0.393 e. The predicted molar refractivity (Wildman–Crippen MR) is 120 cm³/mol. The fraction of sp³-hybridized carbons (Fsp3) is 0.846. The molecule has 5 heteroatoms. The van der Waals surface area contributed by atoms with Gasteiger partial charge >= 0.3 is 0 Å². The van der Waals surface area contributed by atoms with E-state index in [2.05, 4.69) is 26.0 Å². The van der Waals surface area contributed by atoms with Crippen LogP contribution >= 0.6 is 0 Å². The highest BCUT2D eigenvalue weighted by atomic mass is 19.3. The Kier molecular flexibility index (Phi) is 7.40. The maximum Gasteiger partial charge on any atom is 0.275 e. The molecule has 0 spiro atoms. The summed E-state index contributed by atoms with van der Waals surface area (Å²) in [6.45, 7) is 6.86. The average molecular weight is 441 g/mol. The van der Waals surface area contributed by atoms with Gasteiger partial charge in [-0.15, -0.1) is 0 Å². The van der Waals surface area contributed by atoms with E-state index in [1.807, 2.05) is 0 Å². The molecule has 31 heavy (non-hydrogen) atoms. The lowest BCUT2D eigenvalue weighted by atomic mass is 9.60. The second-order valence-corrected chi connectivity index (χ2v) is 11.4. The van der Waals surface area contributed by atoms with E-state index in [-0.39, 0.29) is 17.8 Å². The minimum absolute atomic E-state index is 0.137. The molecule has 6 atom stereocenters. The fourth-order valence-electron chi connectivity index (χ4n) is 6.66. The van der Waals surface area contributed by atoms with E-state index >= 15 is 0 Å². The van der Waals surface area contributed by atoms with Gasteiger partial charge in [-0.3, -0.25) is 0 Å². The summed E-state index contributed by atoms with van der Waals surface area (Å²) in [5, 5.41) is 29.7. The highest BCUT2D eigenvalue weighted by Gasteiger charge is 2.51. The van der Waals surface area contributed by atoms with Crippen LogP contribution in [0.1, 0.15) is 91.9 Å². The third kappa shape index (κ3) is 5.42. The number of rotatable bonds is 6. The number of hydrogen-bond acceptors (Lipinski definition) is 3. The summed E-state index contributed by atoms with van der Waals surface area (Å²) < 4.78 is 28.6. The van der Waals surface area contributed by atoms with Gasteiger partial charge in [-0.25, -0.2) is 8.78 Å². The Morgan fingerprint density at radius 3 is 2.39 bits per heavy atom. The molecule has 2 unspecified atom stereocenters. The van der Waals surface area contributed by atoms with E-state index < -0.39 is 23.7 Å². The summed E-state index contributed by atoms with van der Waals surface area (Å²) in [6, 6.07) is 0. The van der Waals surface area contributed by atoms with Crippen molar-refractivity contribution in [3.05, 3.63) is 23.3 Å². The van der Waals surface area contributed by atoms with Gasteiger partial charge in [0.15, 0.2) is 0 Å². The van der Waals surface area contributed by atoms with E-state index in [1.54, 1.807) is 0 Å². The van der Waals surface area contributed by atoms with E-state index in [4.69, 9.17) is 0 Å². The van der Waals surface area contributed by atoms with Crippen molar-refractivity contribution in [1.82, 2.24) is 0 Å². The third-order valence-corrected chi connectivity index (χ3v) is 8.61. The van der Waals surface area contributed by atoms with Gasteiger partial charge in [-0.1, -0.05) is 37.1 Å². The van der Waals surface area contributed by atoms with Crippen LogP contribution in [-0.4, -0.2) is 39.1 Å². The van der Waals surface area contributed by atoms with Crippen molar-refractivity contribution in [3.8, 4) is 0 Å². The molecule has 0 radical (unpaired) electrons. The van der Waals surface area contributed by atoms with Gasteiger partial charge in [-0.05, 0) is 94.8 Å². The van der Waals surface area contributed by atoms with Crippen LogP contribution in [0.5, 0.6) is 0 Å². The molecule has 3 N–H and O–H groups in total. The van der Waals surface area contributed by atoms with E-state index in [1.165, 1.54) is 19.4 Å². The van der Waals surface area contributed by atoms with Crippen molar-refractivity contribution in [1.29, 1.82) is 0 Å². The Labute approximate surface area is 186 Å². The van der Waals surface area contributed by atoms with Gasteiger partial charge in [0.2, 0.25) is 0 Å². The molecule has 0 amide bonds. The molecule has 3 aliphatic rings. The molecule has 0 aromatic rings. The Hall–Kier alpha value is -0.780. The number of alkyl halides is 2. The van der Waals surface area contributed by atoms with Crippen LogP contribution in [-0.2, 0) is 0 Å². The first-order chi connectivity index (χ1) is 14.3. The van der Waals surface area contributed by atoms with E-state index in [9.17, 15) is 24.1 Å². The van der Waals surface area contributed by atoms with Crippen LogP contribution in [0.3, 0.4) is 0 Å². The summed E-state index contributed by atoms with van der Waals surface area (Å²) in [5.41, 5.74) is 0.719. The molecular weight excluding hydrogens is 398 g/mol. The SMILES string of the molecule is C[C@@H](CCC(F)(F)C(C)(C)O)[C@H]1CCC2/C(=C/C=C3CC(O)C[C@H](O)C3)CCC[C@@]21C. The maximum atomic E-state index is 14.3. The van der Waals surface area contributed by atoms with E-state index in [0.717, 1.165) is 37.7 Å². The van der Waals surface area contributed by atoms with Gasteiger partial charge < -0.3 is 15.3 Å². The van der Waals surface area contributed by atoms with E-state index in [0.29, 0.717) is 37.5 Å². The van der Waals surface area contributed by atoms with Crippen molar-refractivity contribution < 1.29 is 24.1 Å². The zero-order chi connectivity index (χ0) is 23.0. The molecule has 3 aliphatic carbocycles. The number of aliphatic hydroxyl groups is 3. The number of fused-ring (bicyclic) bond motifs is 1. The second kappa shape index (κ2) is 9.23. The molecule has 3 rings (SSSR count). The Morgan fingerprint density at radius 2 is 1.77 bits per heavy atom. The van der Waals surface area contributed by atoms with Crippen LogP contribution in [0.4, 0.5) is 8.78 Å². The van der Waals surface area contributed by atoms with Crippen molar-refractivity contribution in [3.63, 3.8) is 0 Å². The van der Waals surface area contributed by atoms with Crippen LogP contribution in [0.15, 0.2) is 23.3 Å². The van der Waals surface area contributed by atoms with Crippen LogP contribution in [0.25, 0.3) is 0 Å². The average Bonchev–Trinajstić information content (AvgIpc) is 3.00. The molecule has 178 valence electrons. The quantitative estimate of drug-likeness (QED) is 0.490. The molecule has 3 nitrogen and oxygen atoms in total. The van der Waals surface area contributed by atoms with Crippen molar-refractivity contribution in [2.45, 2.75) is 116 Å².